The molecule has 1 atom stereocenters. The minimum Gasteiger partial charge on any atom is -0.493 e. The molecule has 10 nitrogen and oxygen atoms in total. The van der Waals surface area contributed by atoms with E-state index in [0.29, 0.717) is 34.7 Å². The summed E-state index contributed by atoms with van der Waals surface area (Å²) in [5.74, 6) is 1.43. The van der Waals surface area contributed by atoms with Gasteiger partial charge < -0.3 is 19.5 Å². The van der Waals surface area contributed by atoms with Gasteiger partial charge in [-0.05, 0) is 6.92 Å². The number of carbonyl (C=O) groups excluding carboxylic acids is 2. The van der Waals surface area contributed by atoms with Crippen LogP contribution in [0.25, 0.3) is 0 Å². The molecule has 2 amide bonds. The van der Waals surface area contributed by atoms with Gasteiger partial charge in [0.05, 0.1) is 27.8 Å². The monoisotopic (exact) mass is 361 g/mol. The van der Waals surface area contributed by atoms with Crippen LogP contribution in [0, 0.1) is 6.92 Å². The van der Waals surface area contributed by atoms with Crippen LogP contribution in [0.5, 0.6) is 17.2 Å². The standard InChI is InChI=1S/C16H19N5O5/c1-8-17-16-19-15(23)10(21(16)20-8)7-13(22)18-9-5-11(24-2)14(26-4)12(6-9)25-3/h5-6,10H,7H2,1-4H3,(H,18,22)(H,17,19,20,23)/t10-/m1/s1. The molecular formula is C16H19N5O5. The van der Waals surface area contributed by atoms with Gasteiger partial charge in [-0.15, -0.1) is 0 Å². The number of ether oxygens (including phenoxy) is 3. The lowest BCUT2D eigenvalue weighted by Gasteiger charge is -2.15. The number of hydrogen-bond acceptors (Lipinski definition) is 7. The molecule has 2 N–H and O–H groups in total. The second kappa shape index (κ2) is 6.90. The van der Waals surface area contributed by atoms with Gasteiger partial charge in [0, 0.05) is 17.8 Å². The third-order valence-corrected chi connectivity index (χ3v) is 3.90. The normalized spacial score (nSPS) is 15.2. The first-order valence-corrected chi connectivity index (χ1v) is 7.80. The molecule has 0 fully saturated rings. The van der Waals surface area contributed by atoms with Crippen molar-refractivity contribution in [3.8, 4) is 17.2 Å². The number of rotatable bonds is 6. The summed E-state index contributed by atoms with van der Waals surface area (Å²) >= 11 is 0. The minimum absolute atomic E-state index is 0.0850. The Balaban J connectivity index is 1.77. The van der Waals surface area contributed by atoms with Gasteiger partial charge in [0.25, 0.3) is 5.91 Å². The summed E-state index contributed by atoms with van der Waals surface area (Å²) in [7, 11) is 4.47. The van der Waals surface area contributed by atoms with E-state index in [-0.39, 0.29) is 18.2 Å². The molecule has 26 heavy (non-hydrogen) atoms. The van der Waals surface area contributed by atoms with Crippen molar-refractivity contribution in [1.29, 1.82) is 0 Å². The first kappa shape index (κ1) is 17.5. The number of fused-ring (bicyclic) bond motifs is 1. The molecule has 0 bridgehead atoms. The Kier molecular flexibility index (Phi) is 4.65. The lowest BCUT2D eigenvalue weighted by molar-refractivity contribution is -0.123. The number of benzene rings is 1. The summed E-state index contributed by atoms with van der Waals surface area (Å²) in [5.41, 5.74) is 0.456. The molecule has 1 aromatic heterocycles. The molecule has 1 aliphatic heterocycles. The van der Waals surface area contributed by atoms with E-state index in [4.69, 9.17) is 14.2 Å². The summed E-state index contributed by atoms with van der Waals surface area (Å²) in [6.45, 7) is 1.71. The first-order valence-electron chi connectivity index (χ1n) is 7.80. The lowest BCUT2D eigenvalue weighted by atomic mass is 10.2. The molecule has 0 saturated carbocycles. The number of carbonyl (C=O) groups is 2. The Hall–Kier alpha value is -3.30. The molecule has 138 valence electrons. The van der Waals surface area contributed by atoms with Crippen molar-refractivity contribution in [1.82, 2.24) is 14.8 Å². The molecular weight excluding hydrogens is 342 g/mol. The predicted molar refractivity (Wildman–Crippen MR) is 91.8 cm³/mol. The van der Waals surface area contributed by atoms with Gasteiger partial charge in [0.15, 0.2) is 11.5 Å². The number of nitrogens with zero attached hydrogens (tertiary/aromatic N) is 3. The maximum atomic E-state index is 12.4. The second-order valence-corrected chi connectivity index (χ2v) is 5.60. The van der Waals surface area contributed by atoms with Crippen molar-refractivity contribution in [2.45, 2.75) is 19.4 Å². The summed E-state index contributed by atoms with van der Waals surface area (Å²) in [6.07, 6.45) is -0.0850. The van der Waals surface area contributed by atoms with Crippen LogP contribution >= 0.6 is 0 Å². The zero-order valence-electron chi connectivity index (χ0n) is 14.8. The van der Waals surface area contributed by atoms with E-state index in [2.05, 4.69) is 20.7 Å². The van der Waals surface area contributed by atoms with E-state index in [1.165, 1.54) is 26.0 Å². The maximum Gasteiger partial charge on any atom is 0.252 e. The third kappa shape index (κ3) is 3.13. The molecule has 0 saturated heterocycles. The van der Waals surface area contributed by atoms with Gasteiger partial charge >= 0.3 is 0 Å². The van der Waals surface area contributed by atoms with Gasteiger partial charge in [0.1, 0.15) is 11.9 Å². The summed E-state index contributed by atoms with van der Waals surface area (Å²) < 4.78 is 17.2. The van der Waals surface area contributed by atoms with Crippen molar-refractivity contribution in [3.05, 3.63) is 18.0 Å². The molecule has 0 radical (unpaired) electrons. The van der Waals surface area contributed by atoms with Crippen molar-refractivity contribution in [3.63, 3.8) is 0 Å². The fraction of sp³-hybridized carbons (Fsp3) is 0.375. The van der Waals surface area contributed by atoms with Crippen LogP contribution in [0.1, 0.15) is 18.3 Å². The Morgan fingerprint density at radius 2 is 1.88 bits per heavy atom. The SMILES string of the molecule is COc1cc(NC(=O)C[C@@H]2C(=O)Nc3nc(C)nn32)cc(OC)c1OC. The largest absolute Gasteiger partial charge is 0.493 e. The quantitative estimate of drug-likeness (QED) is 0.792. The Morgan fingerprint density at radius 1 is 1.23 bits per heavy atom. The molecule has 0 aliphatic carbocycles. The van der Waals surface area contributed by atoms with Crippen molar-refractivity contribution < 1.29 is 23.8 Å². The van der Waals surface area contributed by atoms with Crippen molar-refractivity contribution >= 4 is 23.5 Å². The fourth-order valence-corrected chi connectivity index (χ4v) is 2.76. The number of amides is 2. The van der Waals surface area contributed by atoms with Crippen LogP contribution in [0.15, 0.2) is 12.1 Å². The van der Waals surface area contributed by atoms with Crippen LogP contribution in [-0.4, -0.2) is 47.9 Å². The molecule has 0 spiro atoms. The topological polar surface area (TPSA) is 117 Å². The Labute approximate surface area is 149 Å². The predicted octanol–water partition coefficient (Wildman–Crippen LogP) is 1.13. The number of aromatic nitrogens is 3. The zero-order chi connectivity index (χ0) is 18.8. The van der Waals surface area contributed by atoms with Crippen molar-refractivity contribution in [2.24, 2.45) is 0 Å². The molecule has 3 rings (SSSR count). The molecule has 0 unspecified atom stereocenters. The van der Waals surface area contributed by atoms with E-state index in [9.17, 15) is 9.59 Å². The van der Waals surface area contributed by atoms with Gasteiger partial charge in [-0.25, -0.2) is 4.68 Å². The Morgan fingerprint density at radius 3 is 2.46 bits per heavy atom. The summed E-state index contributed by atoms with van der Waals surface area (Å²) in [5, 5.41) is 9.48. The highest BCUT2D eigenvalue weighted by Gasteiger charge is 2.34. The lowest BCUT2D eigenvalue weighted by Crippen LogP contribution is -2.23. The van der Waals surface area contributed by atoms with Gasteiger partial charge in [-0.2, -0.15) is 10.1 Å². The molecule has 1 aliphatic rings. The second-order valence-electron chi connectivity index (χ2n) is 5.60. The van der Waals surface area contributed by atoms with E-state index < -0.39 is 6.04 Å². The number of methoxy groups -OCH3 is 3. The van der Waals surface area contributed by atoms with Gasteiger partial charge in [-0.3, -0.25) is 14.9 Å². The molecule has 1 aromatic carbocycles. The smallest absolute Gasteiger partial charge is 0.252 e. The number of hydrogen-bond donors (Lipinski definition) is 2. The number of aryl methyl sites for hydroxylation is 1. The van der Waals surface area contributed by atoms with Crippen LogP contribution in [-0.2, 0) is 9.59 Å². The highest BCUT2D eigenvalue weighted by atomic mass is 16.5. The fourth-order valence-electron chi connectivity index (χ4n) is 2.76. The first-order chi connectivity index (χ1) is 12.5. The molecule has 2 heterocycles. The van der Waals surface area contributed by atoms with Crippen molar-refractivity contribution in [2.75, 3.05) is 32.0 Å². The van der Waals surface area contributed by atoms with Crippen LogP contribution < -0.4 is 24.8 Å². The highest BCUT2D eigenvalue weighted by Crippen LogP contribution is 2.40. The average molecular weight is 361 g/mol. The van der Waals surface area contributed by atoms with Gasteiger partial charge in [0.2, 0.25) is 17.6 Å². The average Bonchev–Trinajstić information content (AvgIpc) is 3.10. The number of anilines is 2. The van der Waals surface area contributed by atoms with E-state index in [0.717, 1.165) is 0 Å². The zero-order valence-corrected chi connectivity index (χ0v) is 14.8. The molecule has 10 heteroatoms. The van der Waals surface area contributed by atoms with E-state index >= 15 is 0 Å². The number of nitrogens with one attached hydrogen (secondary N) is 2. The maximum absolute atomic E-state index is 12.4. The van der Waals surface area contributed by atoms with E-state index in [1.54, 1.807) is 19.1 Å². The summed E-state index contributed by atoms with van der Waals surface area (Å²) in [6, 6.07) is 2.48. The Bertz CT molecular complexity index is 838. The van der Waals surface area contributed by atoms with Crippen LogP contribution in [0.3, 0.4) is 0 Å². The van der Waals surface area contributed by atoms with E-state index in [1.807, 2.05) is 0 Å². The van der Waals surface area contributed by atoms with Crippen LogP contribution in [0.4, 0.5) is 11.6 Å². The molecule has 2 aromatic rings. The highest BCUT2D eigenvalue weighted by molar-refractivity contribution is 6.01. The third-order valence-electron chi connectivity index (χ3n) is 3.90. The van der Waals surface area contributed by atoms with Gasteiger partial charge in [-0.1, -0.05) is 0 Å². The van der Waals surface area contributed by atoms with Crippen LogP contribution in [0.2, 0.25) is 0 Å². The summed E-state index contributed by atoms with van der Waals surface area (Å²) in [4.78, 5) is 28.5. The minimum atomic E-state index is -0.742.